The predicted molar refractivity (Wildman–Crippen MR) is 71.8 cm³/mol. The molecule has 18 heavy (non-hydrogen) atoms. The van der Waals surface area contributed by atoms with Crippen LogP contribution in [0.25, 0.3) is 0 Å². The van der Waals surface area contributed by atoms with Crippen molar-refractivity contribution in [3.05, 3.63) is 22.3 Å². The van der Waals surface area contributed by atoms with Crippen molar-refractivity contribution in [1.82, 2.24) is 4.98 Å². The van der Waals surface area contributed by atoms with Crippen LogP contribution < -0.4 is 5.32 Å². The Bertz CT molecular complexity index is 481. The molecule has 0 aromatic carbocycles. The van der Waals surface area contributed by atoms with Crippen molar-refractivity contribution in [2.45, 2.75) is 33.3 Å². The first-order valence-corrected chi connectivity index (χ1v) is 6.15. The molecule has 5 nitrogen and oxygen atoms in total. The van der Waals surface area contributed by atoms with Crippen LogP contribution in [-0.4, -0.2) is 22.5 Å². The standard InChI is InChI=1S/C12H15BrN2O3/c1-7(16)9-5-8(13)6-14-10(9)15-11(17)18-12(2,3)4/h5-6H,1-4H3,(H,14,15,17). The lowest BCUT2D eigenvalue weighted by molar-refractivity contribution is 0.0635. The van der Waals surface area contributed by atoms with Crippen molar-refractivity contribution in [2.24, 2.45) is 0 Å². The minimum Gasteiger partial charge on any atom is -0.444 e. The van der Waals surface area contributed by atoms with Gasteiger partial charge in [-0.25, -0.2) is 9.78 Å². The molecule has 1 N–H and O–H groups in total. The van der Waals surface area contributed by atoms with Gasteiger partial charge in [-0.2, -0.15) is 0 Å². The zero-order chi connectivity index (χ0) is 13.9. The van der Waals surface area contributed by atoms with E-state index in [2.05, 4.69) is 26.2 Å². The molecule has 6 heteroatoms. The number of nitrogens with zero attached hydrogens (tertiary/aromatic N) is 1. The van der Waals surface area contributed by atoms with Crippen LogP contribution in [0.2, 0.25) is 0 Å². The summed E-state index contributed by atoms with van der Waals surface area (Å²) in [5.74, 6) is 0.00908. The van der Waals surface area contributed by atoms with Gasteiger partial charge in [-0.3, -0.25) is 10.1 Å². The first-order chi connectivity index (χ1) is 8.19. The van der Waals surface area contributed by atoms with Crippen molar-refractivity contribution in [1.29, 1.82) is 0 Å². The van der Waals surface area contributed by atoms with Crippen molar-refractivity contribution in [3.63, 3.8) is 0 Å². The summed E-state index contributed by atoms with van der Waals surface area (Å²) >= 11 is 3.22. The normalized spacial score (nSPS) is 10.9. The van der Waals surface area contributed by atoms with Crippen LogP contribution >= 0.6 is 15.9 Å². The molecule has 0 unspecified atom stereocenters. The van der Waals surface area contributed by atoms with E-state index in [-0.39, 0.29) is 11.6 Å². The average Bonchev–Trinajstić information content (AvgIpc) is 2.17. The van der Waals surface area contributed by atoms with Crippen LogP contribution in [0, 0.1) is 0 Å². The largest absolute Gasteiger partial charge is 0.444 e. The average molecular weight is 315 g/mol. The maximum atomic E-state index is 11.6. The lowest BCUT2D eigenvalue weighted by atomic mass is 10.2. The first kappa shape index (κ1) is 14.6. The second-order valence-corrected chi connectivity index (χ2v) is 5.65. The maximum absolute atomic E-state index is 11.6. The van der Waals surface area contributed by atoms with Gasteiger partial charge in [-0.05, 0) is 49.7 Å². The molecule has 0 atom stereocenters. The number of amides is 1. The molecule has 0 aliphatic heterocycles. The Hall–Kier alpha value is -1.43. The molecule has 0 bridgehead atoms. The molecule has 1 aromatic heterocycles. The number of hydrogen-bond donors (Lipinski definition) is 1. The van der Waals surface area contributed by atoms with Gasteiger partial charge in [0.1, 0.15) is 11.4 Å². The van der Waals surface area contributed by atoms with E-state index in [9.17, 15) is 9.59 Å². The second kappa shape index (κ2) is 5.48. The Labute approximate surface area is 114 Å². The Kier molecular flexibility index (Phi) is 4.45. The predicted octanol–water partition coefficient (Wildman–Crippen LogP) is 3.39. The van der Waals surface area contributed by atoms with Gasteiger partial charge in [0.15, 0.2) is 5.78 Å². The number of aromatic nitrogens is 1. The number of pyridine rings is 1. The molecule has 0 aliphatic rings. The number of carbonyl (C=O) groups is 2. The van der Waals surface area contributed by atoms with Crippen LogP contribution in [0.3, 0.4) is 0 Å². The third kappa shape index (κ3) is 4.44. The van der Waals surface area contributed by atoms with Crippen molar-refractivity contribution >= 4 is 33.6 Å². The summed E-state index contributed by atoms with van der Waals surface area (Å²) in [7, 11) is 0. The number of anilines is 1. The number of rotatable bonds is 2. The highest BCUT2D eigenvalue weighted by Gasteiger charge is 2.18. The quantitative estimate of drug-likeness (QED) is 0.849. The summed E-state index contributed by atoms with van der Waals surface area (Å²) in [6, 6.07) is 1.60. The van der Waals surface area contributed by atoms with E-state index in [0.717, 1.165) is 0 Å². The molecule has 0 saturated heterocycles. The molecule has 0 fully saturated rings. The summed E-state index contributed by atoms with van der Waals surface area (Å²) in [6.07, 6.45) is 0.860. The third-order valence-corrected chi connectivity index (χ3v) is 2.29. The van der Waals surface area contributed by atoms with Crippen molar-refractivity contribution in [2.75, 3.05) is 5.32 Å². The Morgan fingerprint density at radius 3 is 2.50 bits per heavy atom. The number of halogens is 1. The SMILES string of the molecule is CC(=O)c1cc(Br)cnc1NC(=O)OC(C)(C)C. The zero-order valence-corrected chi connectivity index (χ0v) is 12.3. The van der Waals surface area contributed by atoms with Crippen molar-refractivity contribution in [3.8, 4) is 0 Å². The highest BCUT2D eigenvalue weighted by atomic mass is 79.9. The minimum absolute atomic E-state index is 0.185. The second-order valence-electron chi connectivity index (χ2n) is 4.73. The fourth-order valence-corrected chi connectivity index (χ4v) is 1.54. The van der Waals surface area contributed by atoms with Gasteiger partial charge in [0.05, 0.1) is 5.56 Å². The molecule has 0 aliphatic carbocycles. The van der Waals surface area contributed by atoms with E-state index in [1.165, 1.54) is 13.1 Å². The smallest absolute Gasteiger partial charge is 0.413 e. The van der Waals surface area contributed by atoms with Gasteiger partial charge in [-0.1, -0.05) is 0 Å². The van der Waals surface area contributed by atoms with Gasteiger partial charge in [0.25, 0.3) is 0 Å². The molecule has 0 radical (unpaired) electrons. The molecule has 98 valence electrons. The summed E-state index contributed by atoms with van der Waals surface area (Å²) in [5.41, 5.74) is -0.272. The zero-order valence-electron chi connectivity index (χ0n) is 10.7. The number of nitrogens with one attached hydrogen (secondary N) is 1. The molecule has 1 heterocycles. The molecule has 0 saturated carbocycles. The number of ether oxygens (including phenoxy) is 1. The fraction of sp³-hybridized carbons (Fsp3) is 0.417. The van der Waals surface area contributed by atoms with E-state index >= 15 is 0 Å². The van der Waals surface area contributed by atoms with Crippen LogP contribution in [0.5, 0.6) is 0 Å². The third-order valence-electron chi connectivity index (χ3n) is 1.85. The van der Waals surface area contributed by atoms with E-state index in [1.807, 2.05) is 0 Å². The van der Waals surface area contributed by atoms with Gasteiger partial charge in [0.2, 0.25) is 0 Å². The lowest BCUT2D eigenvalue weighted by Gasteiger charge is -2.19. The molecular weight excluding hydrogens is 300 g/mol. The molecule has 1 rings (SSSR count). The summed E-state index contributed by atoms with van der Waals surface area (Å²) in [6.45, 7) is 6.68. The molecule has 1 amide bonds. The Morgan fingerprint density at radius 1 is 1.39 bits per heavy atom. The molecule has 0 spiro atoms. The monoisotopic (exact) mass is 314 g/mol. The van der Waals surface area contributed by atoms with E-state index in [0.29, 0.717) is 10.0 Å². The number of hydrogen-bond acceptors (Lipinski definition) is 4. The summed E-state index contributed by atoms with van der Waals surface area (Å²) in [4.78, 5) is 27.0. The van der Waals surface area contributed by atoms with Crippen LogP contribution in [0.15, 0.2) is 16.7 Å². The van der Waals surface area contributed by atoms with Gasteiger partial charge < -0.3 is 4.74 Å². The van der Waals surface area contributed by atoms with Crippen LogP contribution in [0.1, 0.15) is 38.1 Å². The Morgan fingerprint density at radius 2 is 2.00 bits per heavy atom. The Balaban J connectivity index is 2.91. The highest BCUT2D eigenvalue weighted by molar-refractivity contribution is 9.10. The fourth-order valence-electron chi connectivity index (χ4n) is 1.21. The lowest BCUT2D eigenvalue weighted by Crippen LogP contribution is -2.28. The first-order valence-electron chi connectivity index (χ1n) is 5.35. The van der Waals surface area contributed by atoms with Crippen molar-refractivity contribution < 1.29 is 14.3 Å². The summed E-state index contributed by atoms with van der Waals surface area (Å²) in [5, 5.41) is 2.46. The number of ketones is 1. The topological polar surface area (TPSA) is 68.3 Å². The maximum Gasteiger partial charge on any atom is 0.413 e. The molecule has 1 aromatic rings. The summed E-state index contributed by atoms with van der Waals surface area (Å²) < 4.78 is 5.76. The number of Topliss-reactive ketones (excluding diaryl/α,β-unsaturated/α-hetero) is 1. The number of carbonyl (C=O) groups excluding carboxylic acids is 2. The van der Waals surface area contributed by atoms with Gasteiger partial charge >= 0.3 is 6.09 Å². The highest BCUT2D eigenvalue weighted by Crippen LogP contribution is 2.19. The van der Waals surface area contributed by atoms with Gasteiger partial charge in [0, 0.05) is 10.7 Å². The van der Waals surface area contributed by atoms with Crippen LogP contribution in [-0.2, 0) is 4.74 Å². The van der Waals surface area contributed by atoms with Gasteiger partial charge in [-0.15, -0.1) is 0 Å². The van der Waals surface area contributed by atoms with Crippen LogP contribution in [0.4, 0.5) is 10.6 Å². The van der Waals surface area contributed by atoms with E-state index in [4.69, 9.17) is 4.74 Å². The van der Waals surface area contributed by atoms with E-state index < -0.39 is 11.7 Å². The van der Waals surface area contributed by atoms with E-state index in [1.54, 1.807) is 26.8 Å². The minimum atomic E-state index is -0.639. The molecular formula is C12H15BrN2O3.